The zero-order valence-corrected chi connectivity index (χ0v) is 9.22. The van der Waals surface area contributed by atoms with Crippen molar-refractivity contribution < 1.29 is 9.53 Å². The number of aryl methyl sites for hydroxylation is 2. The van der Waals surface area contributed by atoms with Crippen LogP contribution in [0.4, 0.5) is 0 Å². The van der Waals surface area contributed by atoms with Gasteiger partial charge in [-0.05, 0) is 13.3 Å². The lowest BCUT2D eigenvalue weighted by molar-refractivity contribution is 0.0598. The maximum Gasteiger partial charge on any atom is 0.343 e. The monoisotopic (exact) mass is 209 g/mol. The van der Waals surface area contributed by atoms with E-state index in [0.717, 1.165) is 18.5 Å². The molecule has 1 aromatic rings. The molecule has 82 valence electrons. The Morgan fingerprint density at radius 2 is 2.20 bits per heavy atom. The van der Waals surface area contributed by atoms with Crippen LogP contribution in [0.25, 0.3) is 0 Å². The van der Waals surface area contributed by atoms with E-state index in [9.17, 15) is 9.59 Å². The van der Waals surface area contributed by atoms with Crippen molar-refractivity contribution in [1.82, 2.24) is 4.98 Å². The van der Waals surface area contributed by atoms with Crippen molar-refractivity contribution in [2.45, 2.75) is 26.7 Å². The van der Waals surface area contributed by atoms with Crippen LogP contribution in [0.3, 0.4) is 0 Å². The van der Waals surface area contributed by atoms with Crippen LogP contribution in [0.15, 0.2) is 10.9 Å². The molecule has 4 nitrogen and oxygen atoms in total. The quantitative estimate of drug-likeness (QED) is 0.766. The lowest BCUT2D eigenvalue weighted by Gasteiger charge is -2.06. The first kappa shape index (κ1) is 11.5. The Kier molecular flexibility index (Phi) is 3.66. The minimum atomic E-state index is -0.586. The summed E-state index contributed by atoms with van der Waals surface area (Å²) in [6.07, 6.45) is 1.75. The standard InChI is InChI=1S/C11H15NO3/c1-4-5-8-6-9(13)10(7(2)12-8)11(14)15-3/h6H,4-5H2,1-3H3,(H,12,13). The van der Waals surface area contributed by atoms with Crippen LogP contribution in [0, 0.1) is 6.92 Å². The van der Waals surface area contributed by atoms with E-state index in [4.69, 9.17) is 0 Å². The molecule has 1 aromatic heterocycles. The number of rotatable bonds is 3. The maximum absolute atomic E-state index is 11.6. The molecule has 1 N–H and O–H groups in total. The number of H-pyrrole nitrogens is 1. The SMILES string of the molecule is CCCc1cc(=O)c(C(=O)OC)c(C)[nH]1. The second-order valence-corrected chi connectivity index (χ2v) is 3.40. The Labute approximate surface area is 88.3 Å². The summed E-state index contributed by atoms with van der Waals surface area (Å²) in [5.74, 6) is -0.586. The molecule has 0 aromatic carbocycles. The van der Waals surface area contributed by atoms with E-state index in [1.165, 1.54) is 13.2 Å². The number of hydrogen-bond acceptors (Lipinski definition) is 3. The number of pyridine rings is 1. The number of carbonyl (C=O) groups excluding carboxylic acids is 1. The van der Waals surface area contributed by atoms with E-state index in [1.54, 1.807) is 6.92 Å². The number of nitrogens with one attached hydrogen (secondary N) is 1. The normalized spacial score (nSPS) is 10.1. The van der Waals surface area contributed by atoms with Crippen molar-refractivity contribution in [3.63, 3.8) is 0 Å². The molecule has 0 unspecified atom stereocenters. The summed E-state index contributed by atoms with van der Waals surface area (Å²) in [6, 6.07) is 1.46. The van der Waals surface area contributed by atoms with Crippen molar-refractivity contribution in [1.29, 1.82) is 0 Å². The number of carbonyl (C=O) groups is 1. The topological polar surface area (TPSA) is 59.2 Å². The van der Waals surface area contributed by atoms with Crippen LogP contribution < -0.4 is 5.43 Å². The molecule has 0 aliphatic heterocycles. The van der Waals surface area contributed by atoms with Gasteiger partial charge in [0.05, 0.1) is 7.11 Å². The fraction of sp³-hybridized carbons (Fsp3) is 0.455. The second-order valence-electron chi connectivity index (χ2n) is 3.40. The molecule has 0 bridgehead atoms. The van der Waals surface area contributed by atoms with Gasteiger partial charge in [-0.2, -0.15) is 0 Å². The van der Waals surface area contributed by atoms with Gasteiger partial charge in [0.1, 0.15) is 5.56 Å². The molecule has 0 atom stereocenters. The molecule has 1 heterocycles. The third-order valence-electron chi connectivity index (χ3n) is 2.18. The van der Waals surface area contributed by atoms with Gasteiger partial charge in [0.15, 0.2) is 5.43 Å². The van der Waals surface area contributed by atoms with Gasteiger partial charge in [0.2, 0.25) is 0 Å². The summed E-state index contributed by atoms with van der Waals surface area (Å²) < 4.78 is 4.54. The van der Waals surface area contributed by atoms with Crippen LogP contribution >= 0.6 is 0 Å². The van der Waals surface area contributed by atoms with Gasteiger partial charge in [0, 0.05) is 17.5 Å². The number of hydrogen-bond donors (Lipinski definition) is 1. The summed E-state index contributed by atoms with van der Waals surface area (Å²) >= 11 is 0. The summed E-state index contributed by atoms with van der Waals surface area (Å²) in [4.78, 5) is 25.9. The minimum absolute atomic E-state index is 0.0948. The first-order valence-corrected chi connectivity index (χ1v) is 4.91. The Balaban J connectivity index is 3.21. The van der Waals surface area contributed by atoms with E-state index >= 15 is 0 Å². The molecule has 0 saturated carbocycles. The molecule has 0 fully saturated rings. The Morgan fingerprint density at radius 3 is 2.67 bits per heavy atom. The summed E-state index contributed by atoms with van der Waals surface area (Å²) in [6.45, 7) is 3.73. The Bertz CT molecular complexity index is 420. The third-order valence-corrected chi connectivity index (χ3v) is 2.18. The van der Waals surface area contributed by atoms with Gasteiger partial charge in [-0.1, -0.05) is 13.3 Å². The van der Waals surface area contributed by atoms with Gasteiger partial charge in [-0.15, -0.1) is 0 Å². The Morgan fingerprint density at radius 1 is 1.53 bits per heavy atom. The zero-order chi connectivity index (χ0) is 11.4. The van der Waals surface area contributed by atoms with Crippen LogP contribution in [-0.2, 0) is 11.2 Å². The van der Waals surface area contributed by atoms with Gasteiger partial charge in [-0.25, -0.2) is 4.79 Å². The van der Waals surface area contributed by atoms with Gasteiger partial charge in [-0.3, -0.25) is 4.79 Å². The van der Waals surface area contributed by atoms with Crippen molar-refractivity contribution in [3.05, 3.63) is 33.2 Å². The smallest absolute Gasteiger partial charge is 0.343 e. The highest BCUT2D eigenvalue weighted by Crippen LogP contribution is 2.04. The first-order chi connectivity index (χ1) is 7.10. The van der Waals surface area contributed by atoms with Gasteiger partial charge >= 0.3 is 5.97 Å². The third kappa shape index (κ3) is 2.46. The number of aromatic amines is 1. The average molecular weight is 209 g/mol. The number of aromatic nitrogens is 1. The van der Waals surface area contributed by atoms with Crippen molar-refractivity contribution >= 4 is 5.97 Å². The average Bonchev–Trinajstić information content (AvgIpc) is 2.16. The molecule has 1 rings (SSSR count). The molecule has 4 heteroatoms. The van der Waals surface area contributed by atoms with Crippen LogP contribution in [-0.4, -0.2) is 18.1 Å². The zero-order valence-electron chi connectivity index (χ0n) is 9.22. The largest absolute Gasteiger partial charge is 0.465 e. The van der Waals surface area contributed by atoms with E-state index in [-0.39, 0.29) is 11.0 Å². The second kappa shape index (κ2) is 4.77. The molecule has 0 aliphatic rings. The summed E-state index contributed by atoms with van der Waals surface area (Å²) in [5.41, 5.74) is 1.24. The molecule has 0 radical (unpaired) electrons. The molecular formula is C11H15NO3. The highest BCUT2D eigenvalue weighted by Gasteiger charge is 2.14. The predicted molar refractivity (Wildman–Crippen MR) is 57.1 cm³/mol. The first-order valence-electron chi connectivity index (χ1n) is 4.91. The Hall–Kier alpha value is -1.58. The van der Waals surface area contributed by atoms with Gasteiger partial charge < -0.3 is 9.72 Å². The van der Waals surface area contributed by atoms with Crippen LogP contribution in [0.5, 0.6) is 0 Å². The van der Waals surface area contributed by atoms with E-state index < -0.39 is 5.97 Å². The maximum atomic E-state index is 11.6. The summed E-state index contributed by atoms with van der Waals surface area (Å²) in [5, 5.41) is 0. The molecule has 0 saturated heterocycles. The fourth-order valence-electron chi connectivity index (χ4n) is 1.51. The molecular weight excluding hydrogens is 194 g/mol. The lowest BCUT2D eigenvalue weighted by atomic mass is 10.1. The lowest BCUT2D eigenvalue weighted by Crippen LogP contribution is -2.20. The number of ether oxygens (including phenoxy) is 1. The van der Waals surface area contributed by atoms with Crippen LogP contribution in [0.2, 0.25) is 0 Å². The highest BCUT2D eigenvalue weighted by atomic mass is 16.5. The van der Waals surface area contributed by atoms with Crippen molar-refractivity contribution in [2.75, 3.05) is 7.11 Å². The van der Waals surface area contributed by atoms with Crippen molar-refractivity contribution in [2.24, 2.45) is 0 Å². The van der Waals surface area contributed by atoms with E-state index in [1.807, 2.05) is 6.92 Å². The van der Waals surface area contributed by atoms with Crippen molar-refractivity contribution in [3.8, 4) is 0 Å². The minimum Gasteiger partial charge on any atom is -0.465 e. The fourth-order valence-corrected chi connectivity index (χ4v) is 1.51. The van der Waals surface area contributed by atoms with Crippen LogP contribution in [0.1, 0.15) is 35.1 Å². The highest BCUT2D eigenvalue weighted by molar-refractivity contribution is 5.90. The molecule has 0 amide bonds. The van der Waals surface area contributed by atoms with E-state index in [2.05, 4.69) is 9.72 Å². The summed E-state index contributed by atoms with van der Waals surface area (Å²) in [7, 11) is 1.27. The van der Waals surface area contributed by atoms with E-state index in [0.29, 0.717) is 5.69 Å². The van der Waals surface area contributed by atoms with Gasteiger partial charge in [0.25, 0.3) is 0 Å². The molecule has 0 spiro atoms. The predicted octanol–water partition coefficient (Wildman–Crippen LogP) is 1.42. The molecule has 15 heavy (non-hydrogen) atoms. The molecule has 0 aliphatic carbocycles. The number of esters is 1. The number of methoxy groups -OCH3 is 1.